The molecule has 0 bridgehead atoms. The smallest absolute Gasteiger partial charge is 0.234 e. The molecule has 0 aliphatic carbocycles. The lowest BCUT2D eigenvalue weighted by Gasteiger charge is -2.10. The fourth-order valence-corrected chi connectivity index (χ4v) is 3.35. The third-order valence-electron chi connectivity index (χ3n) is 3.90. The Morgan fingerprint density at radius 3 is 2.26 bits per heavy atom. The second kappa shape index (κ2) is 9.14. The number of amides is 1. The van der Waals surface area contributed by atoms with E-state index in [-0.39, 0.29) is 23.3 Å². The van der Waals surface area contributed by atoms with Crippen LogP contribution >= 0.6 is 11.8 Å². The molecule has 3 nitrogen and oxygen atoms in total. The third kappa shape index (κ3) is 5.28. The molecule has 0 aliphatic rings. The van der Waals surface area contributed by atoms with Gasteiger partial charge >= 0.3 is 0 Å². The summed E-state index contributed by atoms with van der Waals surface area (Å²) in [4.78, 5) is 25.0. The molecule has 5 heteroatoms. The van der Waals surface area contributed by atoms with E-state index in [1.165, 1.54) is 23.9 Å². The number of carbonyl (C=O) groups excluding carboxylic acids is 2. The second-order valence-corrected chi connectivity index (χ2v) is 6.89. The van der Waals surface area contributed by atoms with Gasteiger partial charge in [-0.2, -0.15) is 0 Å². The van der Waals surface area contributed by atoms with Crippen LogP contribution < -0.4 is 5.32 Å². The van der Waals surface area contributed by atoms with Crippen LogP contribution in [0.5, 0.6) is 0 Å². The maximum absolute atomic E-state index is 12.9. The van der Waals surface area contributed by atoms with Gasteiger partial charge in [0.15, 0.2) is 5.78 Å². The van der Waals surface area contributed by atoms with Crippen LogP contribution in [0.15, 0.2) is 78.9 Å². The summed E-state index contributed by atoms with van der Waals surface area (Å²) in [5.74, 6) is 0.255. The van der Waals surface area contributed by atoms with Gasteiger partial charge in [-0.05, 0) is 29.8 Å². The molecule has 0 radical (unpaired) electrons. The topological polar surface area (TPSA) is 46.2 Å². The van der Waals surface area contributed by atoms with Crippen molar-refractivity contribution in [3.8, 4) is 0 Å². The lowest BCUT2D eigenvalue weighted by atomic mass is 10.0. The molecule has 0 aliphatic heterocycles. The van der Waals surface area contributed by atoms with Crippen molar-refractivity contribution < 1.29 is 14.0 Å². The molecular formula is C22H18FNO2S. The number of hydrogen-bond donors (Lipinski definition) is 1. The lowest BCUT2D eigenvalue weighted by Crippen LogP contribution is -2.17. The standard InChI is InChI=1S/C22H18FNO2S/c23-18-12-10-16(11-13-18)14-27-15-21(25)24-20-9-5-4-8-19(20)22(26)17-6-2-1-3-7-17/h1-13H,14-15H2,(H,24,25). The first-order valence-corrected chi connectivity index (χ1v) is 9.60. The van der Waals surface area contributed by atoms with Crippen molar-refractivity contribution in [1.29, 1.82) is 0 Å². The van der Waals surface area contributed by atoms with E-state index in [9.17, 15) is 14.0 Å². The van der Waals surface area contributed by atoms with E-state index in [0.717, 1.165) is 5.56 Å². The van der Waals surface area contributed by atoms with Gasteiger partial charge in [0.25, 0.3) is 0 Å². The molecule has 3 aromatic carbocycles. The molecule has 0 saturated carbocycles. The number of halogens is 1. The fourth-order valence-electron chi connectivity index (χ4n) is 2.56. The van der Waals surface area contributed by atoms with Crippen LogP contribution in [0.3, 0.4) is 0 Å². The molecule has 1 N–H and O–H groups in total. The number of hydrogen-bond acceptors (Lipinski definition) is 3. The van der Waals surface area contributed by atoms with Gasteiger partial charge in [0.05, 0.1) is 11.4 Å². The van der Waals surface area contributed by atoms with Gasteiger partial charge in [-0.3, -0.25) is 9.59 Å². The Labute approximate surface area is 161 Å². The Hall–Kier alpha value is -2.92. The van der Waals surface area contributed by atoms with Gasteiger partial charge in [0.1, 0.15) is 5.82 Å². The molecule has 27 heavy (non-hydrogen) atoms. The predicted molar refractivity (Wildman–Crippen MR) is 108 cm³/mol. The van der Waals surface area contributed by atoms with E-state index in [2.05, 4.69) is 5.32 Å². The molecule has 0 spiro atoms. The number of rotatable bonds is 7. The summed E-state index contributed by atoms with van der Waals surface area (Å²) >= 11 is 1.43. The van der Waals surface area contributed by atoms with Crippen LogP contribution in [0.1, 0.15) is 21.5 Å². The molecule has 1 amide bonds. The van der Waals surface area contributed by atoms with E-state index < -0.39 is 0 Å². The zero-order chi connectivity index (χ0) is 19.1. The quantitative estimate of drug-likeness (QED) is 0.592. The Kier molecular flexibility index (Phi) is 6.39. The molecule has 3 aromatic rings. The van der Waals surface area contributed by atoms with E-state index in [1.807, 2.05) is 6.07 Å². The van der Waals surface area contributed by atoms with Crippen molar-refractivity contribution >= 4 is 29.1 Å². The number of anilines is 1. The summed E-state index contributed by atoms with van der Waals surface area (Å²) < 4.78 is 12.9. The van der Waals surface area contributed by atoms with Crippen molar-refractivity contribution in [1.82, 2.24) is 0 Å². The molecule has 0 heterocycles. The second-order valence-electron chi connectivity index (χ2n) is 5.91. The minimum atomic E-state index is -0.277. The largest absolute Gasteiger partial charge is 0.325 e. The molecule has 0 saturated heterocycles. The zero-order valence-corrected chi connectivity index (χ0v) is 15.3. The van der Waals surface area contributed by atoms with E-state index in [4.69, 9.17) is 0 Å². The molecule has 3 rings (SSSR count). The van der Waals surface area contributed by atoms with Crippen LogP contribution in [0.2, 0.25) is 0 Å². The highest BCUT2D eigenvalue weighted by molar-refractivity contribution is 7.99. The molecule has 0 fully saturated rings. The average molecular weight is 379 g/mol. The van der Waals surface area contributed by atoms with Gasteiger partial charge in [-0.15, -0.1) is 11.8 Å². The summed E-state index contributed by atoms with van der Waals surface area (Å²) in [5.41, 5.74) is 2.48. The third-order valence-corrected chi connectivity index (χ3v) is 4.90. The van der Waals surface area contributed by atoms with Gasteiger partial charge in [-0.1, -0.05) is 54.6 Å². The molecular weight excluding hydrogens is 361 g/mol. The summed E-state index contributed by atoms with van der Waals surface area (Å²) in [5, 5.41) is 2.82. The Bertz CT molecular complexity index is 927. The molecule has 136 valence electrons. The highest BCUT2D eigenvalue weighted by atomic mass is 32.2. The van der Waals surface area contributed by atoms with Crippen LogP contribution in [0, 0.1) is 5.82 Å². The minimum absolute atomic E-state index is 0.134. The summed E-state index contributed by atoms with van der Waals surface area (Å²) in [6, 6.07) is 22.2. The minimum Gasteiger partial charge on any atom is -0.325 e. The summed E-state index contributed by atoms with van der Waals surface area (Å²) in [6.45, 7) is 0. The van der Waals surface area contributed by atoms with Crippen molar-refractivity contribution in [2.45, 2.75) is 5.75 Å². The van der Waals surface area contributed by atoms with E-state index in [1.54, 1.807) is 60.7 Å². The van der Waals surface area contributed by atoms with Gasteiger partial charge < -0.3 is 5.32 Å². The average Bonchev–Trinajstić information content (AvgIpc) is 2.70. The Balaban J connectivity index is 1.61. The van der Waals surface area contributed by atoms with E-state index in [0.29, 0.717) is 22.6 Å². The van der Waals surface area contributed by atoms with Crippen molar-refractivity contribution in [3.05, 3.63) is 101 Å². The SMILES string of the molecule is O=C(CSCc1ccc(F)cc1)Nc1ccccc1C(=O)c1ccccc1. The molecule has 0 unspecified atom stereocenters. The number of benzene rings is 3. The van der Waals surface area contributed by atoms with E-state index >= 15 is 0 Å². The monoisotopic (exact) mass is 379 g/mol. The van der Waals surface area contributed by atoms with Crippen LogP contribution in [-0.4, -0.2) is 17.4 Å². The molecule has 0 atom stereocenters. The van der Waals surface area contributed by atoms with Crippen molar-refractivity contribution in [2.75, 3.05) is 11.1 Å². The number of ketones is 1. The Morgan fingerprint density at radius 1 is 0.852 bits per heavy atom. The number of nitrogens with one attached hydrogen (secondary N) is 1. The maximum atomic E-state index is 12.9. The van der Waals surface area contributed by atoms with Crippen molar-refractivity contribution in [3.63, 3.8) is 0 Å². The lowest BCUT2D eigenvalue weighted by molar-refractivity contribution is -0.113. The maximum Gasteiger partial charge on any atom is 0.234 e. The van der Waals surface area contributed by atoms with Crippen LogP contribution in [-0.2, 0) is 10.5 Å². The van der Waals surface area contributed by atoms with Gasteiger partial charge in [-0.25, -0.2) is 4.39 Å². The fraction of sp³-hybridized carbons (Fsp3) is 0.0909. The zero-order valence-electron chi connectivity index (χ0n) is 14.5. The van der Waals surface area contributed by atoms with Crippen molar-refractivity contribution in [2.24, 2.45) is 0 Å². The number of thioether (sulfide) groups is 1. The number of para-hydroxylation sites is 1. The van der Waals surface area contributed by atoms with Crippen LogP contribution in [0.25, 0.3) is 0 Å². The normalized spacial score (nSPS) is 10.4. The first-order chi connectivity index (χ1) is 13.1. The number of carbonyl (C=O) groups is 2. The van der Waals surface area contributed by atoms with Gasteiger partial charge in [0.2, 0.25) is 5.91 Å². The summed E-state index contributed by atoms with van der Waals surface area (Å²) in [6.07, 6.45) is 0. The van der Waals surface area contributed by atoms with Gasteiger partial charge in [0, 0.05) is 16.9 Å². The summed E-state index contributed by atoms with van der Waals surface area (Å²) in [7, 11) is 0. The highest BCUT2D eigenvalue weighted by Gasteiger charge is 2.14. The predicted octanol–water partition coefficient (Wildman–Crippen LogP) is 4.93. The highest BCUT2D eigenvalue weighted by Crippen LogP contribution is 2.20. The molecule has 0 aromatic heterocycles. The van der Waals surface area contributed by atoms with Crippen LogP contribution in [0.4, 0.5) is 10.1 Å². The first-order valence-electron chi connectivity index (χ1n) is 8.44. The Morgan fingerprint density at radius 2 is 1.52 bits per heavy atom. The first kappa shape index (κ1) is 18.9.